The van der Waals surface area contributed by atoms with Crippen LogP contribution in [-0.4, -0.2) is 10.8 Å². The highest BCUT2D eigenvalue weighted by Crippen LogP contribution is 2.31. The minimum absolute atomic E-state index is 0.134. The fourth-order valence-corrected chi connectivity index (χ4v) is 2.57. The Morgan fingerprint density at radius 1 is 1.29 bits per heavy atom. The van der Waals surface area contributed by atoms with Crippen molar-refractivity contribution in [3.8, 4) is 0 Å². The van der Waals surface area contributed by atoms with E-state index in [1.54, 1.807) is 19.1 Å². The van der Waals surface area contributed by atoms with Crippen molar-refractivity contribution < 1.29 is 14.1 Å². The Morgan fingerprint density at radius 3 is 2.58 bits per heavy atom. The molecule has 0 heterocycles. The monoisotopic (exact) mass is 395 g/mol. The van der Waals surface area contributed by atoms with E-state index in [0.29, 0.717) is 11.3 Å². The van der Waals surface area contributed by atoms with Crippen LogP contribution < -0.4 is 10.6 Å². The summed E-state index contributed by atoms with van der Waals surface area (Å²) in [6.45, 7) is 3.12. The summed E-state index contributed by atoms with van der Waals surface area (Å²) in [7, 11) is 0. The number of benzene rings is 2. The van der Waals surface area contributed by atoms with Crippen LogP contribution in [0, 0.1) is 15.9 Å². The van der Waals surface area contributed by atoms with E-state index >= 15 is 0 Å². The first-order valence-corrected chi connectivity index (χ1v) is 7.84. The van der Waals surface area contributed by atoms with Gasteiger partial charge in [-0.05, 0) is 52.7 Å². The Kier molecular flexibility index (Phi) is 5.50. The lowest BCUT2D eigenvalue weighted by molar-refractivity contribution is -0.384. The zero-order valence-corrected chi connectivity index (χ0v) is 14.6. The second-order valence-electron chi connectivity index (χ2n) is 5.21. The molecule has 0 saturated carbocycles. The van der Waals surface area contributed by atoms with Gasteiger partial charge in [0.05, 0.1) is 15.4 Å². The Balaban J connectivity index is 2.34. The molecule has 24 heavy (non-hydrogen) atoms. The van der Waals surface area contributed by atoms with Crippen LogP contribution in [0.25, 0.3) is 0 Å². The lowest BCUT2D eigenvalue weighted by atomic mass is 10.1. The van der Waals surface area contributed by atoms with Gasteiger partial charge < -0.3 is 10.6 Å². The molecular weight excluding hydrogens is 381 g/mol. The van der Waals surface area contributed by atoms with Gasteiger partial charge in [0, 0.05) is 18.7 Å². The van der Waals surface area contributed by atoms with Crippen LogP contribution in [0.2, 0.25) is 0 Å². The average Bonchev–Trinajstić information content (AvgIpc) is 2.50. The number of carbonyl (C=O) groups excluding carboxylic acids is 1. The van der Waals surface area contributed by atoms with Crippen LogP contribution in [0.1, 0.15) is 25.5 Å². The van der Waals surface area contributed by atoms with E-state index in [0.717, 1.165) is 0 Å². The second-order valence-corrected chi connectivity index (χ2v) is 6.06. The molecule has 1 atom stereocenters. The first-order valence-electron chi connectivity index (χ1n) is 7.05. The van der Waals surface area contributed by atoms with Crippen molar-refractivity contribution in [1.82, 2.24) is 5.32 Å². The van der Waals surface area contributed by atoms with E-state index in [9.17, 15) is 19.3 Å². The summed E-state index contributed by atoms with van der Waals surface area (Å²) < 4.78 is 13.5. The summed E-state index contributed by atoms with van der Waals surface area (Å²) in [4.78, 5) is 22.0. The summed E-state index contributed by atoms with van der Waals surface area (Å²) in [5.41, 5.74) is 1.26. The number of nitro benzene ring substituents is 1. The molecule has 2 N–H and O–H groups in total. The van der Waals surface area contributed by atoms with Crippen LogP contribution in [0.3, 0.4) is 0 Å². The third-order valence-electron chi connectivity index (χ3n) is 3.34. The predicted octanol–water partition coefficient (Wildman–Crippen LogP) is 4.44. The van der Waals surface area contributed by atoms with Gasteiger partial charge in [0.2, 0.25) is 5.91 Å². The standard InChI is InChI=1S/C16H15BrFN3O3/c1-9(19-10(2)22)11-3-6-15(16(7-11)21(23)24)20-12-4-5-14(18)13(17)8-12/h3-9,20H,1-2H3,(H,19,22)/t9-/m1/s1. The Bertz CT molecular complexity index is 798. The molecule has 2 rings (SSSR count). The molecule has 6 nitrogen and oxygen atoms in total. The zero-order chi connectivity index (χ0) is 17.9. The van der Waals surface area contributed by atoms with Crippen molar-refractivity contribution in [2.75, 3.05) is 5.32 Å². The molecule has 0 radical (unpaired) electrons. The molecular formula is C16H15BrFN3O3. The number of nitro groups is 1. The van der Waals surface area contributed by atoms with Crippen molar-refractivity contribution in [3.05, 3.63) is 62.4 Å². The average molecular weight is 396 g/mol. The number of hydrogen-bond acceptors (Lipinski definition) is 4. The van der Waals surface area contributed by atoms with Gasteiger partial charge in [-0.2, -0.15) is 0 Å². The molecule has 0 aliphatic carbocycles. The summed E-state index contributed by atoms with van der Waals surface area (Å²) in [5.74, 6) is -0.641. The Labute approximate surface area is 146 Å². The topological polar surface area (TPSA) is 84.3 Å². The van der Waals surface area contributed by atoms with E-state index in [2.05, 4.69) is 26.6 Å². The quantitative estimate of drug-likeness (QED) is 0.578. The molecule has 0 fully saturated rings. The maximum Gasteiger partial charge on any atom is 0.293 e. The maximum atomic E-state index is 13.3. The fraction of sp³-hybridized carbons (Fsp3) is 0.188. The van der Waals surface area contributed by atoms with Gasteiger partial charge in [-0.1, -0.05) is 6.07 Å². The molecule has 2 aromatic carbocycles. The lowest BCUT2D eigenvalue weighted by Crippen LogP contribution is -2.23. The highest BCUT2D eigenvalue weighted by Gasteiger charge is 2.18. The maximum absolute atomic E-state index is 13.3. The predicted molar refractivity (Wildman–Crippen MR) is 92.7 cm³/mol. The third-order valence-corrected chi connectivity index (χ3v) is 3.94. The number of rotatable bonds is 5. The number of halogens is 2. The van der Waals surface area contributed by atoms with E-state index in [4.69, 9.17) is 0 Å². The normalized spacial score (nSPS) is 11.7. The molecule has 0 unspecified atom stereocenters. The van der Waals surface area contributed by atoms with Crippen LogP contribution in [0.4, 0.5) is 21.5 Å². The van der Waals surface area contributed by atoms with Gasteiger partial charge in [-0.3, -0.25) is 14.9 Å². The van der Waals surface area contributed by atoms with Crippen molar-refractivity contribution in [2.45, 2.75) is 19.9 Å². The van der Waals surface area contributed by atoms with Crippen molar-refractivity contribution in [1.29, 1.82) is 0 Å². The third kappa shape index (κ3) is 4.29. The summed E-state index contributed by atoms with van der Waals surface area (Å²) in [6, 6.07) is 8.53. The van der Waals surface area contributed by atoms with Crippen LogP contribution >= 0.6 is 15.9 Å². The highest BCUT2D eigenvalue weighted by molar-refractivity contribution is 9.10. The Hall–Kier alpha value is -2.48. The van der Waals surface area contributed by atoms with Crippen LogP contribution in [-0.2, 0) is 4.79 Å². The van der Waals surface area contributed by atoms with Crippen LogP contribution in [0.5, 0.6) is 0 Å². The smallest absolute Gasteiger partial charge is 0.293 e. The van der Waals surface area contributed by atoms with Gasteiger partial charge in [-0.15, -0.1) is 0 Å². The van der Waals surface area contributed by atoms with E-state index in [1.165, 1.54) is 31.2 Å². The van der Waals surface area contributed by atoms with Gasteiger partial charge in [-0.25, -0.2) is 4.39 Å². The molecule has 2 aromatic rings. The van der Waals surface area contributed by atoms with Gasteiger partial charge >= 0.3 is 0 Å². The number of nitrogens with zero attached hydrogens (tertiary/aromatic N) is 1. The fourth-order valence-electron chi connectivity index (χ4n) is 2.19. The molecule has 0 saturated heterocycles. The van der Waals surface area contributed by atoms with Crippen LogP contribution in [0.15, 0.2) is 40.9 Å². The molecule has 8 heteroatoms. The number of nitrogens with one attached hydrogen (secondary N) is 2. The number of hydrogen-bond donors (Lipinski definition) is 2. The van der Waals surface area contributed by atoms with Crippen molar-refractivity contribution in [2.24, 2.45) is 0 Å². The largest absolute Gasteiger partial charge is 0.350 e. The molecule has 1 amide bonds. The lowest BCUT2D eigenvalue weighted by Gasteiger charge is -2.14. The molecule has 0 aromatic heterocycles. The van der Waals surface area contributed by atoms with Gasteiger partial charge in [0.25, 0.3) is 5.69 Å². The molecule has 0 bridgehead atoms. The minimum atomic E-state index is -0.509. The van der Waals surface area contributed by atoms with E-state index in [-0.39, 0.29) is 27.8 Å². The molecule has 0 aliphatic rings. The molecule has 0 aliphatic heterocycles. The number of anilines is 2. The van der Waals surface area contributed by atoms with E-state index < -0.39 is 10.7 Å². The summed E-state index contributed by atoms with van der Waals surface area (Å²) in [6.07, 6.45) is 0. The second kappa shape index (κ2) is 7.39. The number of carbonyl (C=O) groups is 1. The van der Waals surface area contributed by atoms with Gasteiger partial charge in [0.1, 0.15) is 11.5 Å². The first-order chi connectivity index (χ1) is 11.3. The SMILES string of the molecule is CC(=O)N[C@H](C)c1ccc(Nc2ccc(F)c(Br)c2)c([N+](=O)[O-])c1. The molecule has 0 spiro atoms. The zero-order valence-electron chi connectivity index (χ0n) is 13.0. The minimum Gasteiger partial charge on any atom is -0.350 e. The van der Waals surface area contributed by atoms with Crippen molar-refractivity contribution >= 4 is 38.9 Å². The van der Waals surface area contributed by atoms with E-state index in [1.807, 2.05) is 0 Å². The molecule has 126 valence electrons. The van der Waals surface area contributed by atoms with Gasteiger partial charge in [0.15, 0.2) is 0 Å². The van der Waals surface area contributed by atoms with Crippen molar-refractivity contribution in [3.63, 3.8) is 0 Å². The Morgan fingerprint density at radius 2 is 2.00 bits per heavy atom. The summed E-state index contributed by atoms with van der Waals surface area (Å²) >= 11 is 3.07. The highest BCUT2D eigenvalue weighted by atomic mass is 79.9. The first kappa shape index (κ1) is 17.9. The number of amides is 1. The summed E-state index contributed by atoms with van der Waals surface area (Å²) in [5, 5.41) is 16.9.